The first kappa shape index (κ1) is 22.6. The van der Waals surface area contributed by atoms with Gasteiger partial charge in [0.1, 0.15) is 11.5 Å². The second-order valence-corrected chi connectivity index (χ2v) is 8.72. The van der Waals surface area contributed by atoms with Crippen LogP contribution in [-0.4, -0.2) is 23.4 Å². The van der Waals surface area contributed by atoms with Gasteiger partial charge in [0.05, 0.1) is 18.2 Å². The average molecular weight is 462 g/mol. The largest absolute Gasteiger partial charge is 0.507 e. The Balaban J connectivity index is 1.79. The summed E-state index contributed by atoms with van der Waals surface area (Å²) in [7, 11) is 0. The normalized spacial score (nSPS) is 17.6. The van der Waals surface area contributed by atoms with Crippen LogP contribution in [0.3, 0.4) is 0 Å². The fraction of sp³-hybridized carbons (Fsp3) is 0.185. The Hall–Kier alpha value is -3.57. The number of aliphatic hydroxyl groups excluding tert-OH is 1. The summed E-state index contributed by atoms with van der Waals surface area (Å²) < 4.78 is 5.70. The van der Waals surface area contributed by atoms with Gasteiger partial charge in [0, 0.05) is 16.3 Å². The number of hydrogen-bond donors (Lipinski definition) is 1. The molecule has 5 nitrogen and oxygen atoms in total. The number of anilines is 1. The summed E-state index contributed by atoms with van der Waals surface area (Å²) in [6.45, 7) is 4.69. The van der Waals surface area contributed by atoms with Crippen LogP contribution >= 0.6 is 11.6 Å². The molecule has 4 rings (SSSR count). The third-order valence-electron chi connectivity index (χ3n) is 5.38. The molecule has 0 aliphatic carbocycles. The number of rotatable bonds is 6. The summed E-state index contributed by atoms with van der Waals surface area (Å²) in [6, 6.07) is 21.9. The summed E-state index contributed by atoms with van der Waals surface area (Å²) in [5.74, 6) is -0.621. The zero-order valence-electron chi connectivity index (χ0n) is 18.4. The van der Waals surface area contributed by atoms with Gasteiger partial charge >= 0.3 is 0 Å². The molecule has 1 amide bonds. The predicted molar refractivity (Wildman–Crippen MR) is 129 cm³/mol. The van der Waals surface area contributed by atoms with Gasteiger partial charge in [0.25, 0.3) is 11.7 Å². The quantitative estimate of drug-likeness (QED) is 0.277. The minimum Gasteiger partial charge on any atom is -0.507 e. The number of aliphatic hydroxyl groups is 1. The van der Waals surface area contributed by atoms with Crippen molar-refractivity contribution in [3.63, 3.8) is 0 Å². The monoisotopic (exact) mass is 461 g/mol. The van der Waals surface area contributed by atoms with E-state index < -0.39 is 17.7 Å². The van der Waals surface area contributed by atoms with Crippen molar-refractivity contribution < 1.29 is 19.4 Å². The molecule has 6 heteroatoms. The van der Waals surface area contributed by atoms with E-state index in [9.17, 15) is 14.7 Å². The van der Waals surface area contributed by atoms with Gasteiger partial charge in [-0.05, 0) is 60.0 Å². The molecule has 0 saturated carbocycles. The highest BCUT2D eigenvalue weighted by atomic mass is 35.5. The number of halogens is 1. The van der Waals surface area contributed by atoms with Crippen LogP contribution in [-0.2, 0) is 9.59 Å². The highest BCUT2D eigenvalue weighted by Gasteiger charge is 2.46. The molecular formula is C27H24ClNO4. The lowest BCUT2D eigenvalue weighted by molar-refractivity contribution is -0.132. The molecule has 0 aromatic heterocycles. The van der Waals surface area contributed by atoms with E-state index in [1.807, 2.05) is 30.3 Å². The van der Waals surface area contributed by atoms with E-state index in [1.165, 1.54) is 4.90 Å². The van der Waals surface area contributed by atoms with Gasteiger partial charge in [0.15, 0.2) is 0 Å². The van der Waals surface area contributed by atoms with Crippen LogP contribution in [0, 0.1) is 5.92 Å². The molecule has 1 N–H and O–H groups in total. The van der Waals surface area contributed by atoms with E-state index in [2.05, 4.69) is 13.8 Å². The Morgan fingerprint density at radius 3 is 2.21 bits per heavy atom. The summed E-state index contributed by atoms with van der Waals surface area (Å²) in [5, 5.41) is 11.7. The van der Waals surface area contributed by atoms with E-state index in [1.54, 1.807) is 48.5 Å². The summed E-state index contributed by atoms with van der Waals surface area (Å²) in [4.78, 5) is 27.6. The van der Waals surface area contributed by atoms with E-state index in [0.717, 1.165) is 0 Å². The van der Waals surface area contributed by atoms with Gasteiger partial charge in [-0.25, -0.2) is 0 Å². The van der Waals surface area contributed by atoms with Crippen LogP contribution in [0.25, 0.3) is 5.76 Å². The maximum Gasteiger partial charge on any atom is 0.300 e. The number of ether oxygens (including phenoxy) is 1. The van der Waals surface area contributed by atoms with E-state index >= 15 is 0 Å². The van der Waals surface area contributed by atoms with Gasteiger partial charge in [-0.15, -0.1) is 0 Å². The van der Waals surface area contributed by atoms with Crippen molar-refractivity contribution in [3.8, 4) is 5.75 Å². The molecule has 1 unspecified atom stereocenters. The molecule has 3 aromatic rings. The molecular weight excluding hydrogens is 438 g/mol. The number of carbonyl (C=O) groups is 2. The van der Waals surface area contributed by atoms with Crippen LogP contribution in [0.15, 0.2) is 84.4 Å². The number of amides is 1. The van der Waals surface area contributed by atoms with Gasteiger partial charge in [-0.2, -0.15) is 0 Å². The number of ketones is 1. The first-order valence-corrected chi connectivity index (χ1v) is 11.1. The van der Waals surface area contributed by atoms with Crippen molar-refractivity contribution in [2.75, 3.05) is 11.5 Å². The molecule has 0 bridgehead atoms. The number of hydrogen-bond acceptors (Lipinski definition) is 4. The fourth-order valence-electron chi connectivity index (χ4n) is 3.78. The standard InChI is InChI=1S/C27H24ClNO4/c1-17(2)16-33-22-14-8-19(9-15-22)25(30)23-24(18-6-4-3-5-7-18)29(27(32)26(23)31)21-12-10-20(28)11-13-21/h3-15,17,24,30H,16H2,1-2H3/b25-23+. The molecule has 1 aliphatic heterocycles. The molecule has 168 valence electrons. The first-order valence-electron chi connectivity index (χ1n) is 10.7. The third-order valence-corrected chi connectivity index (χ3v) is 5.63. The number of nitrogens with zero attached hydrogens (tertiary/aromatic N) is 1. The highest BCUT2D eigenvalue weighted by molar-refractivity contribution is 6.51. The van der Waals surface area contributed by atoms with Crippen molar-refractivity contribution in [2.45, 2.75) is 19.9 Å². The zero-order valence-corrected chi connectivity index (χ0v) is 19.1. The zero-order chi connectivity index (χ0) is 23.5. The molecule has 0 radical (unpaired) electrons. The summed E-state index contributed by atoms with van der Waals surface area (Å²) >= 11 is 6.02. The molecule has 1 aliphatic rings. The number of carbonyl (C=O) groups excluding carboxylic acids is 2. The van der Waals surface area contributed by atoms with Gasteiger partial charge < -0.3 is 9.84 Å². The summed E-state index contributed by atoms with van der Waals surface area (Å²) in [5.41, 5.74) is 1.70. The predicted octanol–water partition coefficient (Wildman–Crippen LogP) is 6.00. The second kappa shape index (κ2) is 9.51. The van der Waals surface area contributed by atoms with Crippen LogP contribution in [0.2, 0.25) is 5.02 Å². The lowest BCUT2D eigenvalue weighted by Crippen LogP contribution is -2.29. The van der Waals surface area contributed by atoms with Crippen molar-refractivity contribution in [3.05, 3.63) is 101 Å². The average Bonchev–Trinajstić information content (AvgIpc) is 3.09. The van der Waals surface area contributed by atoms with Crippen molar-refractivity contribution in [2.24, 2.45) is 5.92 Å². The van der Waals surface area contributed by atoms with E-state index in [0.29, 0.717) is 40.1 Å². The maximum atomic E-state index is 13.1. The first-order chi connectivity index (χ1) is 15.9. The highest BCUT2D eigenvalue weighted by Crippen LogP contribution is 2.42. The van der Waals surface area contributed by atoms with Crippen molar-refractivity contribution in [1.29, 1.82) is 0 Å². The minimum atomic E-state index is -0.774. The molecule has 1 heterocycles. The molecule has 3 aromatic carbocycles. The second-order valence-electron chi connectivity index (χ2n) is 8.29. The maximum absolute atomic E-state index is 13.1. The SMILES string of the molecule is CC(C)COc1ccc(/C(O)=C2\C(=O)C(=O)N(c3ccc(Cl)cc3)C2c2ccccc2)cc1. The lowest BCUT2D eigenvalue weighted by Gasteiger charge is -2.25. The fourth-order valence-corrected chi connectivity index (χ4v) is 3.90. The van der Waals surface area contributed by atoms with Crippen LogP contribution in [0.5, 0.6) is 5.75 Å². The number of Topliss-reactive ketones (excluding diaryl/α,β-unsaturated/α-hetero) is 1. The topological polar surface area (TPSA) is 66.8 Å². The van der Waals surface area contributed by atoms with Crippen molar-refractivity contribution >= 4 is 34.7 Å². The lowest BCUT2D eigenvalue weighted by atomic mass is 9.95. The number of benzene rings is 3. The molecule has 1 fully saturated rings. The Bertz CT molecular complexity index is 1190. The Morgan fingerprint density at radius 1 is 0.970 bits per heavy atom. The van der Waals surface area contributed by atoms with Gasteiger partial charge in [0.2, 0.25) is 0 Å². The Kier molecular flexibility index (Phi) is 6.52. The molecule has 0 spiro atoms. The van der Waals surface area contributed by atoms with Gasteiger partial charge in [-0.3, -0.25) is 14.5 Å². The molecule has 1 saturated heterocycles. The van der Waals surface area contributed by atoms with E-state index in [4.69, 9.17) is 16.3 Å². The summed E-state index contributed by atoms with van der Waals surface area (Å²) in [6.07, 6.45) is 0. The smallest absolute Gasteiger partial charge is 0.300 e. The Labute approximate surface area is 197 Å². The van der Waals surface area contributed by atoms with E-state index in [-0.39, 0.29) is 11.3 Å². The third kappa shape index (κ3) is 4.64. The van der Waals surface area contributed by atoms with Gasteiger partial charge in [-0.1, -0.05) is 55.8 Å². The minimum absolute atomic E-state index is 0.0389. The Morgan fingerprint density at radius 2 is 1.61 bits per heavy atom. The molecule has 1 atom stereocenters. The van der Waals surface area contributed by atoms with Crippen LogP contribution in [0.1, 0.15) is 31.0 Å². The van der Waals surface area contributed by atoms with Crippen LogP contribution in [0.4, 0.5) is 5.69 Å². The van der Waals surface area contributed by atoms with Crippen LogP contribution < -0.4 is 9.64 Å². The molecule has 33 heavy (non-hydrogen) atoms. The van der Waals surface area contributed by atoms with Crippen molar-refractivity contribution in [1.82, 2.24) is 0 Å².